The van der Waals surface area contributed by atoms with Crippen molar-refractivity contribution in [2.75, 3.05) is 0 Å². The van der Waals surface area contributed by atoms with Crippen LogP contribution in [-0.4, -0.2) is 11.0 Å². The molecule has 3 aromatic rings. The second-order valence-electron chi connectivity index (χ2n) is 4.95. The van der Waals surface area contributed by atoms with Gasteiger partial charge in [0.1, 0.15) is 11.5 Å². The van der Waals surface area contributed by atoms with Crippen LogP contribution in [0.4, 0.5) is 4.79 Å². The maximum Gasteiger partial charge on any atom is 0.326 e. The Kier molecular flexibility index (Phi) is 4.35. The first-order chi connectivity index (χ1) is 11.2. The Balaban J connectivity index is 1.66. The molecule has 2 aromatic carbocycles. The molecule has 1 heterocycles. The van der Waals surface area contributed by atoms with Crippen molar-refractivity contribution in [3.8, 4) is 11.5 Å². The summed E-state index contributed by atoms with van der Waals surface area (Å²) in [5.41, 5.74) is 11.9. The van der Waals surface area contributed by atoms with E-state index >= 15 is 0 Å². The number of benzene rings is 2. The SMILES string of the molecule is NC(=O)NNCc1ccc(Oc2ccc3ncccc3c2)cc1. The zero-order chi connectivity index (χ0) is 16.1. The maximum absolute atomic E-state index is 10.6. The largest absolute Gasteiger partial charge is 0.457 e. The second-order valence-corrected chi connectivity index (χ2v) is 4.95. The Morgan fingerprint density at radius 2 is 1.87 bits per heavy atom. The van der Waals surface area contributed by atoms with E-state index in [1.54, 1.807) is 6.20 Å². The lowest BCUT2D eigenvalue weighted by atomic mass is 10.2. The van der Waals surface area contributed by atoms with Crippen LogP contribution in [0.25, 0.3) is 10.9 Å². The number of carbonyl (C=O) groups excluding carboxylic acids is 1. The molecule has 1 aromatic heterocycles. The van der Waals surface area contributed by atoms with E-state index < -0.39 is 6.03 Å². The van der Waals surface area contributed by atoms with Crippen LogP contribution in [0.1, 0.15) is 5.56 Å². The molecule has 0 radical (unpaired) electrons. The molecule has 0 aliphatic carbocycles. The third kappa shape index (κ3) is 3.96. The third-order valence-corrected chi connectivity index (χ3v) is 3.24. The fraction of sp³-hybridized carbons (Fsp3) is 0.0588. The number of urea groups is 1. The predicted octanol–water partition coefficient (Wildman–Crippen LogP) is 2.70. The zero-order valence-electron chi connectivity index (χ0n) is 12.3. The van der Waals surface area contributed by atoms with Crippen molar-refractivity contribution in [2.45, 2.75) is 6.54 Å². The molecule has 4 N–H and O–H groups in total. The number of hydrazine groups is 1. The Morgan fingerprint density at radius 1 is 1.09 bits per heavy atom. The number of nitrogens with two attached hydrogens (primary N) is 1. The molecule has 6 nitrogen and oxygen atoms in total. The summed E-state index contributed by atoms with van der Waals surface area (Å²) in [6.45, 7) is 0.477. The van der Waals surface area contributed by atoms with E-state index in [1.165, 1.54) is 0 Å². The molecule has 0 spiro atoms. The maximum atomic E-state index is 10.6. The molecule has 0 saturated heterocycles. The molecule has 23 heavy (non-hydrogen) atoms. The Morgan fingerprint density at radius 3 is 2.65 bits per heavy atom. The topological polar surface area (TPSA) is 89.3 Å². The first kappa shape index (κ1) is 14.8. The molecular formula is C17H16N4O2. The Labute approximate surface area is 133 Å². The van der Waals surface area contributed by atoms with E-state index in [4.69, 9.17) is 10.5 Å². The van der Waals surface area contributed by atoms with Gasteiger partial charge in [-0.05, 0) is 42.0 Å². The minimum atomic E-state index is -0.615. The van der Waals surface area contributed by atoms with Gasteiger partial charge < -0.3 is 10.5 Å². The van der Waals surface area contributed by atoms with Crippen molar-refractivity contribution >= 4 is 16.9 Å². The highest BCUT2D eigenvalue weighted by molar-refractivity contribution is 5.79. The van der Waals surface area contributed by atoms with Crippen molar-refractivity contribution in [3.05, 3.63) is 66.4 Å². The van der Waals surface area contributed by atoms with Crippen LogP contribution in [0.5, 0.6) is 11.5 Å². The molecule has 0 atom stereocenters. The van der Waals surface area contributed by atoms with Gasteiger partial charge in [-0.25, -0.2) is 10.2 Å². The van der Waals surface area contributed by atoms with Gasteiger partial charge >= 0.3 is 6.03 Å². The van der Waals surface area contributed by atoms with Crippen molar-refractivity contribution in [3.63, 3.8) is 0 Å². The summed E-state index contributed by atoms with van der Waals surface area (Å²) in [7, 11) is 0. The number of primary amides is 1. The molecular weight excluding hydrogens is 292 g/mol. The predicted molar refractivity (Wildman–Crippen MR) is 87.8 cm³/mol. The second kappa shape index (κ2) is 6.76. The molecule has 0 aliphatic rings. The lowest BCUT2D eigenvalue weighted by Gasteiger charge is -2.08. The van der Waals surface area contributed by atoms with Gasteiger partial charge in [0.15, 0.2) is 0 Å². The van der Waals surface area contributed by atoms with Crippen molar-refractivity contribution in [1.29, 1.82) is 0 Å². The van der Waals surface area contributed by atoms with Crippen LogP contribution in [-0.2, 0) is 6.54 Å². The molecule has 0 unspecified atom stereocenters. The van der Waals surface area contributed by atoms with Gasteiger partial charge in [0, 0.05) is 18.1 Å². The van der Waals surface area contributed by atoms with E-state index in [1.807, 2.05) is 54.6 Å². The normalized spacial score (nSPS) is 10.4. The molecule has 0 bridgehead atoms. The Bertz CT molecular complexity index is 818. The summed E-state index contributed by atoms with van der Waals surface area (Å²) in [6.07, 6.45) is 1.77. The summed E-state index contributed by atoms with van der Waals surface area (Å²) >= 11 is 0. The molecule has 116 valence electrons. The molecule has 0 aliphatic heterocycles. The van der Waals surface area contributed by atoms with Gasteiger partial charge in [-0.15, -0.1) is 0 Å². The number of hydrogen-bond donors (Lipinski definition) is 3. The monoisotopic (exact) mass is 308 g/mol. The number of carbonyl (C=O) groups is 1. The van der Waals surface area contributed by atoms with E-state index in [0.717, 1.165) is 28.0 Å². The van der Waals surface area contributed by atoms with E-state index in [2.05, 4.69) is 15.8 Å². The van der Waals surface area contributed by atoms with Crippen molar-refractivity contribution in [2.24, 2.45) is 5.73 Å². The fourth-order valence-electron chi connectivity index (χ4n) is 2.16. The van der Waals surface area contributed by atoms with Gasteiger partial charge in [-0.1, -0.05) is 18.2 Å². The third-order valence-electron chi connectivity index (χ3n) is 3.24. The van der Waals surface area contributed by atoms with Gasteiger partial charge in [-0.3, -0.25) is 10.4 Å². The smallest absolute Gasteiger partial charge is 0.326 e. The quantitative estimate of drug-likeness (QED) is 0.632. The Hall–Kier alpha value is -3.12. The number of fused-ring (bicyclic) bond motifs is 1. The van der Waals surface area contributed by atoms with Gasteiger partial charge in [0.05, 0.1) is 5.52 Å². The number of amides is 2. The van der Waals surface area contributed by atoms with Gasteiger partial charge in [0.25, 0.3) is 0 Å². The average molecular weight is 308 g/mol. The van der Waals surface area contributed by atoms with Crippen molar-refractivity contribution < 1.29 is 9.53 Å². The van der Waals surface area contributed by atoms with Crippen LogP contribution in [0.15, 0.2) is 60.8 Å². The van der Waals surface area contributed by atoms with Crippen molar-refractivity contribution in [1.82, 2.24) is 15.8 Å². The summed E-state index contributed by atoms with van der Waals surface area (Å²) in [6, 6.07) is 16.6. The zero-order valence-corrected chi connectivity index (χ0v) is 12.3. The molecule has 3 rings (SSSR count). The minimum absolute atomic E-state index is 0.477. The fourth-order valence-corrected chi connectivity index (χ4v) is 2.16. The number of hydrogen-bond acceptors (Lipinski definition) is 4. The van der Waals surface area contributed by atoms with Crippen LogP contribution in [0, 0.1) is 0 Å². The van der Waals surface area contributed by atoms with E-state index in [9.17, 15) is 4.79 Å². The number of ether oxygens (including phenoxy) is 1. The average Bonchev–Trinajstić information content (AvgIpc) is 2.56. The highest BCUT2D eigenvalue weighted by Gasteiger charge is 2.01. The van der Waals surface area contributed by atoms with Gasteiger partial charge in [-0.2, -0.15) is 0 Å². The number of nitrogens with one attached hydrogen (secondary N) is 2. The van der Waals surface area contributed by atoms with Crippen LogP contribution in [0.2, 0.25) is 0 Å². The lowest BCUT2D eigenvalue weighted by Crippen LogP contribution is -2.40. The van der Waals surface area contributed by atoms with Crippen LogP contribution >= 0.6 is 0 Å². The summed E-state index contributed by atoms with van der Waals surface area (Å²) < 4.78 is 5.85. The highest BCUT2D eigenvalue weighted by atomic mass is 16.5. The standard InChI is InChI=1S/C17H16N4O2/c18-17(22)21-20-11-12-3-5-14(6-4-12)23-15-7-8-16-13(10-15)2-1-9-19-16/h1-10,20H,11H2,(H3,18,21,22). The highest BCUT2D eigenvalue weighted by Crippen LogP contribution is 2.25. The number of nitrogens with zero attached hydrogens (tertiary/aromatic N) is 1. The number of aromatic nitrogens is 1. The number of rotatable bonds is 5. The van der Waals surface area contributed by atoms with Gasteiger partial charge in [0.2, 0.25) is 0 Å². The van der Waals surface area contributed by atoms with Crippen LogP contribution < -0.4 is 21.3 Å². The van der Waals surface area contributed by atoms with E-state index in [-0.39, 0.29) is 0 Å². The van der Waals surface area contributed by atoms with Crippen LogP contribution in [0.3, 0.4) is 0 Å². The molecule has 0 fully saturated rings. The minimum Gasteiger partial charge on any atom is -0.457 e. The summed E-state index contributed by atoms with van der Waals surface area (Å²) in [4.78, 5) is 14.8. The summed E-state index contributed by atoms with van der Waals surface area (Å²) in [5, 5.41) is 1.03. The lowest BCUT2D eigenvalue weighted by molar-refractivity contribution is 0.244. The molecule has 2 amide bonds. The molecule has 6 heteroatoms. The first-order valence-corrected chi connectivity index (χ1v) is 7.10. The summed E-state index contributed by atoms with van der Waals surface area (Å²) in [5.74, 6) is 1.49. The first-order valence-electron chi connectivity index (χ1n) is 7.10. The molecule has 0 saturated carbocycles. The van der Waals surface area contributed by atoms with E-state index in [0.29, 0.717) is 6.54 Å². The number of pyridine rings is 1.